The van der Waals surface area contributed by atoms with Crippen LogP contribution in [0.2, 0.25) is 0 Å². The molecule has 178 valence electrons. The molecule has 1 N–H and O–H groups in total. The van der Waals surface area contributed by atoms with Crippen LogP contribution in [0.3, 0.4) is 0 Å². The maximum Gasteiger partial charge on any atom is 0.214 e. The predicted molar refractivity (Wildman–Crippen MR) is 146 cm³/mol. The first-order valence-corrected chi connectivity index (χ1v) is 13.1. The van der Waals surface area contributed by atoms with Crippen molar-refractivity contribution in [1.29, 1.82) is 0 Å². The van der Waals surface area contributed by atoms with Gasteiger partial charge in [-0.1, -0.05) is 60.3 Å². The van der Waals surface area contributed by atoms with Crippen LogP contribution in [0, 0.1) is 0 Å². The van der Waals surface area contributed by atoms with Crippen LogP contribution in [0.25, 0.3) is 5.69 Å². The number of halogens is 3. The Labute approximate surface area is 226 Å². The molecule has 0 aliphatic rings. The zero-order chi connectivity index (χ0) is 22.9. The molecule has 0 aliphatic carbocycles. The molecule has 4 rings (SSSR count). The largest absolute Gasteiger partial charge is 0.487 e. The van der Waals surface area contributed by atoms with Crippen LogP contribution in [-0.2, 0) is 13.2 Å². The van der Waals surface area contributed by atoms with Crippen molar-refractivity contribution in [2.75, 3.05) is 12.3 Å². The highest BCUT2D eigenvalue weighted by atomic mass is 79.9. The third-order valence-corrected chi connectivity index (χ3v) is 6.97. The zero-order valence-electron chi connectivity index (χ0n) is 18.2. The van der Waals surface area contributed by atoms with Gasteiger partial charge in [-0.15, -0.1) is 17.5 Å². The third kappa shape index (κ3) is 7.55. The summed E-state index contributed by atoms with van der Waals surface area (Å²) in [7, 11) is 0. The van der Waals surface area contributed by atoms with Gasteiger partial charge in [0.1, 0.15) is 12.4 Å². The van der Waals surface area contributed by atoms with E-state index in [9.17, 15) is 0 Å². The fraction of sp³-hybridized carbons (Fsp3) is 0.208. The quantitative estimate of drug-likeness (QED) is 0.153. The number of benzene rings is 3. The fourth-order valence-corrected chi connectivity index (χ4v) is 5.52. The Morgan fingerprint density at radius 3 is 2.29 bits per heavy atom. The lowest BCUT2D eigenvalue weighted by atomic mass is 10.2. The second-order valence-electron chi connectivity index (χ2n) is 7.25. The molecule has 0 saturated heterocycles. The minimum atomic E-state index is 0. The lowest BCUT2D eigenvalue weighted by molar-refractivity contribution is 0.302. The molecule has 0 amide bonds. The Morgan fingerprint density at radius 1 is 0.912 bits per heavy atom. The average Bonchev–Trinajstić information content (AvgIpc) is 3.30. The molecule has 34 heavy (non-hydrogen) atoms. The van der Waals surface area contributed by atoms with E-state index in [2.05, 4.69) is 77.0 Å². The van der Waals surface area contributed by atoms with Gasteiger partial charge in [0.2, 0.25) is 5.16 Å². The normalized spacial score (nSPS) is 10.6. The minimum absolute atomic E-state index is 0. The minimum Gasteiger partial charge on any atom is -0.487 e. The molecular formula is C24H24Br2ClN5OS. The highest BCUT2D eigenvalue weighted by molar-refractivity contribution is 9.11. The molecule has 0 atom stereocenters. The summed E-state index contributed by atoms with van der Waals surface area (Å²) >= 11 is 8.95. The molecule has 10 heteroatoms. The number of ether oxygens (including phenoxy) is 1. The van der Waals surface area contributed by atoms with E-state index in [1.165, 1.54) is 5.56 Å². The smallest absolute Gasteiger partial charge is 0.214 e. The maximum atomic E-state index is 6.01. The van der Waals surface area contributed by atoms with Gasteiger partial charge in [-0.2, -0.15) is 4.68 Å². The Morgan fingerprint density at radius 2 is 1.59 bits per heavy atom. The van der Waals surface area contributed by atoms with Gasteiger partial charge >= 0.3 is 0 Å². The van der Waals surface area contributed by atoms with Crippen molar-refractivity contribution >= 4 is 56.0 Å². The number of rotatable bonds is 11. The third-order valence-electron chi connectivity index (χ3n) is 4.78. The predicted octanol–water partition coefficient (Wildman–Crippen LogP) is 6.46. The van der Waals surface area contributed by atoms with Gasteiger partial charge in [-0.05, 0) is 90.6 Å². The summed E-state index contributed by atoms with van der Waals surface area (Å²) in [5.41, 5.74) is 3.29. The van der Waals surface area contributed by atoms with Crippen LogP contribution in [0.5, 0.6) is 5.75 Å². The second kappa shape index (κ2) is 13.8. The maximum absolute atomic E-state index is 6.01. The number of para-hydroxylation sites is 1. The van der Waals surface area contributed by atoms with Crippen LogP contribution in [0.1, 0.15) is 17.5 Å². The number of tetrazole rings is 1. The van der Waals surface area contributed by atoms with Gasteiger partial charge in [0.25, 0.3) is 0 Å². The van der Waals surface area contributed by atoms with Crippen molar-refractivity contribution in [2.45, 2.75) is 24.7 Å². The number of nitrogens with one attached hydrogen (secondary N) is 1. The van der Waals surface area contributed by atoms with E-state index >= 15 is 0 Å². The molecule has 0 radical (unpaired) electrons. The summed E-state index contributed by atoms with van der Waals surface area (Å²) in [6.45, 7) is 2.21. The molecule has 0 spiro atoms. The Hall–Kier alpha value is -1.91. The molecule has 3 aromatic carbocycles. The van der Waals surface area contributed by atoms with Crippen LogP contribution in [0.15, 0.2) is 86.9 Å². The Bertz CT molecular complexity index is 1140. The van der Waals surface area contributed by atoms with Crippen molar-refractivity contribution in [3.63, 3.8) is 0 Å². The molecule has 0 aliphatic heterocycles. The lowest BCUT2D eigenvalue weighted by Crippen LogP contribution is -2.15. The first-order valence-electron chi connectivity index (χ1n) is 10.5. The molecular weight excluding hydrogens is 602 g/mol. The first kappa shape index (κ1) is 26.7. The van der Waals surface area contributed by atoms with Crippen LogP contribution in [0.4, 0.5) is 0 Å². The number of hydrogen-bond donors (Lipinski definition) is 1. The lowest BCUT2D eigenvalue weighted by Gasteiger charge is -2.13. The summed E-state index contributed by atoms with van der Waals surface area (Å²) < 4.78 is 9.66. The van der Waals surface area contributed by atoms with Gasteiger partial charge in [-0.3, -0.25) is 0 Å². The molecule has 1 aromatic heterocycles. The molecule has 0 fully saturated rings. The van der Waals surface area contributed by atoms with Gasteiger partial charge < -0.3 is 10.1 Å². The van der Waals surface area contributed by atoms with E-state index in [0.29, 0.717) is 6.61 Å². The highest BCUT2D eigenvalue weighted by Crippen LogP contribution is 2.35. The van der Waals surface area contributed by atoms with Gasteiger partial charge in [0.05, 0.1) is 14.6 Å². The van der Waals surface area contributed by atoms with E-state index in [0.717, 1.165) is 56.4 Å². The van der Waals surface area contributed by atoms with Crippen molar-refractivity contribution in [3.8, 4) is 11.4 Å². The molecule has 0 unspecified atom stereocenters. The van der Waals surface area contributed by atoms with Crippen molar-refractivity contribution in [2.24, 2.45) is 0 Å². The first-order chi connectivity index (χ1) is 16.2. The van der Waals surface area contributed by atoms with Gasteiger partial charge in [0.15, 0.2) is 0 Å². The summed E-state index contributed by atoms with van der Waals surface area (Å²) in [5, 5.41) is 16.4. The second-order valence-corrected chi connectivity index (χ2v) is 10.0. The Kier molecular flexibility index (Phi) is 10.9. The molecule has 1 heterocycles. The average molecular weight is 626 g/mol. The Balaban J connectivity index is 0.00000324. The number of hydrogen-bond acceptors (Lipinski definition) is 6. The van der Waals surface area contributed by atoms with Crippen LogP contribution in [-0.4, -0.2) is 32.5 Å². The number of aromatic nitrogens is 4. The SMILES string of the molecule is Brc1cc(CNCCCSc2nnnn2-c2ccccc2)cc(Br)c1OCc1ccccc1.Cl. The van der Waals surface area contributed by atoms with E-state index in [1.807, 2.05) is 48.5 Å². The van der Waals surface area contributed by atoms with E-state index in [-0.39, 0.29) is 12.4 Å². The summed E-state index contributed by atoms with van der Waals surface area (Å²) in [6, 6.07) is 24.3. The van der Waals surface area contributed by atoms with E-state index in [4.69, 9.17) is 4.74 Å². The van der Waals surface area contributed by atoms with Gasteiger partial charge in [-0.25, -0.2) is 0 Å². The van der Waals surface area contributed by atoms with Gasteiger partial charge in [0, 0.05) is 12.3 Å². The monoisotopic (exact) mass is 623 g/mol. The van der Waals surface area contributed by atoms with Crippen molar-refractivity contribution in [3.05, 3.63) is 92.9 Å². The van der Waals surface area contributed by atoms with Crippen LogP contribution < -0.4 is 10.1 Å². The van der Waals surface area contributed by atoms with Crippen molar-refractivity contribution in [1.82, 2.24) is 25.5 Å². The highest BCUT2D eigenvalue weighted by Gasteiger charge is 2.10. The standard InChI is InChI=1S/C24H23Br2N5OS.ClH/c25-21-14-19(15-22(26)23(21)32-17-18-8-3-1-4-9-18)16-27-12-7-13-33-24-28-29-30-31(24)20-10-5-2-6-11-20;/h1-6,8-11,14-15,27H,7,12-13,16-17H2;1H. The van der Waals surface area contributed by atoms with E-state index in [1.54, 1.807) is 16.4 Å². The molecule has 4 aromatic rings. The summed E-state index contributed by atoms with van der Waals surface area (Å²) in [6.07, 6.45) is 1.01. The zero-order valence-corrected chi connectivity index (χ0v) is 23.0. The topological polar surface area (TPSA) is 64.9 Å². The molecule has 0 saturated carbocycles. The summed E-state index contributed by atoms with van der Waals surface area (Å²) in [5.74, 6) is 1.75. The van der Waals surface area contributed by atoms with Crippen molar-refractivity contribution < 1.29 is 4.74 Å². The fourth-order valence-electron chi connectivity index (χ4n) is 3.18. The number of thioether (sulfide) groups is 1. The van der Waals surface area contributed by atoms with E-state index < -0.39 is 0 Å². The molecule has 0 bridgehead atoms. The number of nitrogens with zero attached hydrogens (tertiary/aromatic N) is 4. The molecule has 6 nitrogen and oxygen atoms in total. The summed E-state index contributed by atoms with van der Waals surface area (Å²) in [4.78, 5) is 0. The van der Waals surface area contributed by atoms with Crippen LogP contribution >= 0.6 is 56.0 Å².